The first-order valence-electron chi connectivity index (χ1n) is 4.84. The number of ketones is 1. The molecule has 0 aliphatic heterocycles. The Kier molecular flexibility index (Phi) is 3.04. The number of rotatable bonds is 2. The van der Waals surface area contributed by atoms with Crippen molar-refractivity contribution in [2.75, 3.05) is 0 Å². The maximum Gasteiger partial charge on any atom is 0.134 e. The molecule has 0 spiro atoms. The van der Waals surface area contributed by atoms with Crippen LogP contribution in [0.1, 0.15) is 39.0 Å². The van der Waals surface area contributed by atoms with Crippen molar-refractivity contribution in [3.8, 4) is 0 Å². The van der Waals surface area contributed by atoms with Crippen LogP contribution in [-0.4, -0.2) is 10.8 Å². The number of hydrogen-bond acceptors (Lipinski definition) is 2. The second-order valence-corrected chi connectivity index (χ2v) is 4.68. The van der Waals surface area contributed by atoms with Crippen molar-refractivity contribution < 1.29 is 4.79 Å². The summed E-state index contributed by atoms with van der Waals surface area (Å²) in [5.41, 5.74) is 2.14. The molecule has 0 amide bonds. The molecule has 0 aliphatic rings. The summed E-state index contributed by atoms with van der Waals surface area (Å²) in [6.45, 7) is 7.96. The first-order chi connectivity index (χ1) is 6.39. The molecule has 0 radical (unpaired) electrons. The SMILES string of the molecule is CC(=O)Cc1ccnc(C(C)(C)C)c1. The molecule has 0 atom stereocenters. The average molecular weight is 191 g/mol. The molecule has 0 bridgehead atoms. The van der Waals surface area contributed by atoms with E-state index in [0.29, 0.717) is 6.42 Å². The van der Waals surface area contributed by atoms with Crippen LogP contribution in [0, 0.1) is 0 Å². The summed E-state index contributed by atoms with van der Waals surface area (Å²) in [4.78, 5) is 15.3. The lowest BCUT2D eigenvalue weighted by Crippen LogP contribution is -2.14. The number of aromatic nitrogens is 1. The number of nitrogens with zero attached hydrogens (tertiary/aromatic N) is 1. The summed E-state index contributed by atoms with van der Waals surface area (Å²) in [7, 11) is 0. The molecule has 76 valence electrons. The molecule has 2 nitrogen and oxygen atoms in total. The van der Waals surface area contributed by atoms with Gasteiger partial charge in [-0.3, -0.25) is 9.78 Å². The molecule has 1 aromatic rings. The van der Waals surface area contributed by atoms with E-state index in [1.807, 2.05) is 12.1 Å². The molecule has 0 N–H and O–H groups in total. The van der Waals surface area contributed by atoms with E-state index in [1.54, 1.807) is 13.1 Å². The molecule has 0 aromatic carbocycles. The van der Waals surface area contributed by atoms with Crippen LogP contribution in [0.25, 0.3) is 0 Å². The highest BCUT2D eigenvalue weighted by molar-refractivity contribution is 5.78. The van der Waals surface area contributed by atoms with Crippen molar-refractivity contribution in [3.05, 3.63) is 29.6 Å². The summed E-state index contributed by atoms with van der Waals surface area (Å²) >= 11 is 0. The van der Waals surface area contributed by atoms with Gasteiger partial charge in [0.25, 0.3) is 0 Å². The van der Waals surface area contributed by atoms with E-state index in [-0.39, 0.29) is 11.2 Å². The Morgan fingerprint density at radius 1 is 1.43 bits per heavy atom. The van der Waals surface area contributed by atoms with Gasteiger partial charge in [0.15, 0.2) is 0 Å². The predicted octanol–water partition coefficient (Wildman–Crippen LogP) is 2.51. The first kappa shape index (κ1) is 10.9. The lowest BCUT2D eigenvalue weighted by molar-refractivity contribution is -0.116. The Hall–Kier alpha value is -1.18. The molecule has 0 saturated carbocycles. The Morgan fingerprint density at radius 2 is 2.07 bits per heavy atom. The Balaban J connectivity index is 2.95. The topological polar surface area (TPSA) is 30.0 Å². The zero-order valence-corrected chi connectivity index (χ0v) is 9.29. The van der Waals surface area contributed by atoms with Gasteiger partial charge in [-0.15, -0.1) is 0 Å². The third kappa shape index (κ3) is 2.95. The highest BCUT2D eigenvalue weighted by Crippen LogP contribution is 2.20. The minimum atomic E-state index is 0.0484. The van der Waals surface area contributed by atoms with Gasteiger partial charge >= 0.3 is 0 Å². The average Bonchev–Trinajstić information content (AvgIpc) is 2.01. The van der Waals surface area contributed by atoms with Gasteiger partial charge in [-0.2, -0.15) is 0 Å². The van der Waals surface area contributed by atoms with Crippen molar-refractivity contribution in [1.29, 1.82) is 0 Å². The number of hydrogen-bond donors (Lipinski definition) is 0. The second-order valence-electron chi connectivity index (χ2n) is 4.68. The van der Waals surface area contributed by atoms with Gasteiger partial charge in [0.05, 0.1) is 0 Å². The summed E-state index contributed by atoms with van der Waals surface area (Å²) < 4.78 is 0. The fourth-order valence-corrected chi connectivity index (χ4v) is 1.28. The fraction of sp³-hybridized carbons (Fsp3) is 0.500. The zero-order valence-electron chi connectivity index (χ0n) is 9.29. The molecular weight excluding hydrogens is 174 g/mol. The number of carbonyl (C=O) groups is 1. The number of Topliss-reactive ketones (excluding diaryl/α,β-unsaturated/α-hetero) is 1. The smallest absolute Gasteiger partial charge is 0.134 e. The van der Waals surface area contributed by atoms with Crippen LogP contribution in [0.15, 0.2) is 18.3 Å². The highest BCUT2D eigenvalue weighted by atomic mass is 16.1. The molecule has 1 aromatic heterocycles. The lowest BCUT2D eigenvalue weighted by atomic mass is 9.90. The highest BCUT2D eigenvalue weighted by Gasteiger charge is 2.15. The number of carbonyl (C=O) groups excluding carboxylic acids is 1. The van der Waals surface area contributed by atoms with Crippen LogP contribution in [0.3, 0.4) is 0 Å². The van der Waals surface area contributed by atoms with Gasteiger partial charge < -0.3 is 0 Å². The van der Waals surface area contributed by atoms with Crippen LogP contribution >= 0.6 is 0 Å². The van der Waals surface area contributed by atoms with Crippen molar-refractivity contribution in [2.45, 2.75) is 39.5 Å². The van der Waals surface area contributed by atoms with Crippen LogP contribution in [0.5, 0.6) is 0 Å². The second kappa shape index (κ2) is 3.91. The summed E-state index contributed by atoms with van der Waals surface area (Å²) in [6, 6.07) is 3.91. The largest absolute Gasteiger partial charge is 0.300 e. The Bertz CT molecular complexity index is 336. The van der Waals surface area contributed by atoms with Gasteiger partial charge in [0.2, 0.25) is 0 Å². The maximum absolute atomic E-state index is 11.0. The third-order valence-corrected chi connectivity index (χ3v) is 2.05. The molecule has 1 rings (SSSR count). The first-order valence-corrected chi connectivity index (χ1v) is 4.84. The Morgan fingerprint density at radius 3 is 2.57 bits per heavy atom. The monoisotopic (exact) mass is 191 g/mol. The fourth-order valence-electron chi connectivity index (χ4n) is 1.28. The summed E-state index contributed by atoms with van der Waals surface area (Å²) in [5, 5.41) is 0. The summed E-state index contributed by atoms with van der Waals surface area (Å²) in [5.74, 6) is 0.191. The minimum absolute atomic E-state index is 0.0484. The van der Waals surface area contributed by atoms with E-state index in [4.69, 9.17) is 0 Å². The van der Waals surface area contributed by atoms with Gasteiger partial charge in [-0.05, 0) is 24.6 Å². The zero-order chi connectivity index (χ0) is 10.8. The molecule has 1 heterocycles. The van der Waals surface area contributed by atoms with E-state index in [1.165, 1.54) is 0 Å². The third-order valence-electron chi connectivity index (χ3n) is 2.05. The standard InChI is InChI=1S/C12H17NO/c1-9(14)7-10-5-6-13-11(8-10)12(2,3)4/h5-6,8H,7H2,1-4H3. The normalized spacial score (nSPS) is 11.4. The van der Waals surface area contributed by atoms with Crippen molar-refractivity contribution >= 4 is 5.78 Å². The van der Waals surface area contributed by atoms with Gasteiger partial charge in [0, 0.05) is 23.7 Å². The van der Waals surface area contributed by atoms with Crippen LogP contribution in [0.2, 0.25) is 0 Å². The lowest BCUT2D eigenvalue weighted by Gasteiger charge is -2.17. The number of pyridine rings is 1. The van der Waals surface area contributed by atoms with Crippen LogP contribution < -0.4 is 0 Å². The molecular formula is C12H17NO. The van der Waals surface area contributed by atoms with Gasteiger partial charge in [0.1, 0.15) is 5.78 Å². The quantitative estimate of drug-likeness (QED) is 0.719. The van der Waals surface area contributed by atoms with E-state index < -0.39 is 0 Å². The molecule has 14 heavy (non-hydrogen) atoms. The maximum atomic E-state index is 11.0. The van der Waals surface area contributed by atoms with Crippen molar-refractivity contribution in [3.63, 3.8) is 0 Å². The summed E-state index contributed by atoms with van der Waals surface area (Å²) in [6.07, 6.45) is 2.28. The molecule has 0 unspecified atom stereocenters. The van der Waals surface area contributed by atoms with Crippen molar-refractivity contribution in [1.82, 2.24) is 4.98 Å². The van der Waals surface area contributed by atoms with E-state index in [9.17, 15) is 4.79 Å². The molecule has 0 saturated heterocycles. The van der Waals surface area contributed by atoms with Crippen molar-refractivity contribution in [2.24, 2.45) is 0 Å². The van der Waals surface area contributed by atoms with E-state index in [2.05, 4.69) is 25.8 Å². The predicted molar refractivity (Wildman–Crippen MR) is 57.3 cm³/mol. The molecule has 2 heteroatoms. The molecule has 0 fully saturated rings. The minimum Gasteiger partial charge on any atom is -0.300 e. The van der Waals surface area contributed by atoms with E-state index in [0.717, 1.165) is 11.3 Å². The van der Waals surface area contributed by atoms with Crippen LogP contribution in [-0.2, 0) is 16.6 Å². The van der Waals surface area contributed by atoms with Gasteiger partial charge in [-0.1, -0.05) is 20.8 Å². The molecule has 0 aliphatic carbocycles. The van der Waals surface area contributed by atoms with Gasteiger partial charge in [-0.25, -0.2) is 0 Å². The van der Waals surface area contributed by atoms with E-state index >= 15 is 0 Å². The Labute approximate surface area is 85.4 Å². The van der Waals surface area contributed by atoms with Crippen LogP contribution in [0.4, 0.5) is 0 Å².